The molecule has 1 saturated heterocycles. The third-order valence-corrected chi connectivity index (χ3v) is 5.28. The fourth-order valence-corrected chi connectivity index (χ4v) is 3.66. The third kappa shape index (κ3) is 6.68. The average molecular weight is 529 g/mol. The van der Waals surface area contributed by atoms with Crippen LogP contribution in [-0.2, 0) is 18.3 Å². The molecule has 8 heteroatoms. The van der Waals surface area contributed by atoms with E-state index in [2.05, 4.69) is 32.7 Å². The zero-order valence-corrected chi connectivity index (χ0v) is 20.4. The Balaban J connectivity index is 0.00000320. The first-order valence-corrected chi connectivity index (χ1v) is 10.3. The molecule has 2 heterocycles. The normalized spacial score (nSPS) is 16.1. The van der Waals surface area contributed by atoms with E-state index >= 15 is 0 Å². The molecule has 1 aromatic carbocycles. The number of nitrogens with one attached hydrogen (secondary N) is 1. The second-order valence-electron chi connectivity index (χ2n) is 7.38. The van der Waals surface area contributed by atoms with Crippen molar-refractivity contribution in [1.29, 1.82) is 0 Å². The van der Waals surface area contributed by atoms with E-state index in [1.54, 1.807) is 12.1 Å². The summed E-state index contributed by atoms with van der Waals surface area (Å²) >= 11 is 0. The summed E-state index contributed by atoms with van der Waals surface area (Å²) in [5.41, 5.74) is 2.17. The van der Waals surface area contributed by atoms with E-state index in [9.17, 15) is 4.39 Å². The van der Waals surface area contributed by atoms with Gasteiger partial charge in [-0.1, -0.05) is 12.1 Å². The maximum absolute atomic E-state index is 13.9. The molecule has 1 N–H and O–H groups in total. The number of hydrogen-bond acceptors (Lipinski definition) is 3. The zero-order chi connectivity index (χ0) is 20.6. The first-order chi connectivity index (χ1) is 14.1. The third-order valence-electron chi connectivity index (χ3n) is 5.28. The molecular formula is C22H33FIN5O. The molecule has 1 aliphatic heterocycles. The van der Waals surface area contributed by atoms with Crippen molar-refractivity contribution in [3.05, 3.63) is 59.7 Å². The Labute approximate surface area is 196 Å². The van der Waals surface area contributed by atoms with E-state index in [4.69, 9.17) is 9.73 Å². The Bertz CT molecular complexity index is 806. The van der Waals surface area contributed by atoms with Gasteiger partial charge in [0.1, 0.15) is 5.82 Å². The molecule has 0 aliphatic carbocycles. The Morgan fingerprint density at radius 1 is 1.27 bits per heavy atom. The molecule has 166 valence electrons. The van der Waals surface area contributed by atoms with Gasteiger partial charge in [-0.3, -0.25) is 9.89 Å². The molecule has 3 rings (SSSR count). The molecule has 1 fully saturated rings. The van der Waals surface area contributed by atoms with E-state index in [1.807, 2.05) is 32.4 Å². The molecule has 0 radical (unpaired) electrons. The minimum absolute atomic E-state index is 0. The molecule has 1 aromatic heterocycles. The number of nitrogens with zero attached hydrogens (tertiary/aromatic N) is 4. The van der Waals surface area contributed by atoms with Crippen molar-refractivity contribution in [2.24, 2.45) is 12.0 Å². The highest BCUT2D eigenvalue weighted by Crippen LogP contribution is 2.23. The Kier molecular flexibility index (Phi) is 10.1. The highest BCUT2D eigenvalue weighted by atomic mass is 127. The predicted molar refractivity (Wildman–Crippen MR) is 130 cm³/mol. The lowest BCUT2D eigenvalue weighted by Gasteiger charge is -2.34. The van der Waals surface area contributed by atoms with Crippen molar-refractivity contribution in [2.45, 2.75) is 19.5 Å². The summed E-state index contributed by atoms with van der Waals surface area (Å²) < 4.78 is 21.5. The van der Waals surface area contributed by atoms with Gasteiger partial charge in [0, 0.05) is 45.6 Å². The van der Waals surface area contributed by atoms with Crippen LogP contribution in [0.2, 0.25) is 0 Å². The van der Waals surface area contributed by atoms with E-state index in [-0.39, 0.29) is 35.8 Å². The second kappa shape index (κ2) is 12.3. The van der Waals surface area contributed by atoms with Gasteiger partial charge in [0.25, 0.3) is 0 Å². The number of hydrogen-bond donors (Lipinski definition) is 1. The minimum Gasteiger partial charge on any atom is -0.379 e. The highest BCUT2D eigenvalue weighted by molar-refractivity contribution is 14.0. The Morgan fingerprint density at radius 3 is 2.67 bits per heavy atom. The molecule has 0 amide bonds. The Hall–Kier alpha value is -1.65. The summed E-state index contributed by atoms with van der Waals surface area (Å²) in [4.78, 5) is 9.38. The van der Waals surface area contributed by atoms with E-state index < -0.39 is 0 Å². The summed E-state index contributed by atoms with van der Waals surface area (Å²) in [6.07, 6.45) is 2.05. The summed E-state index contributed by atoms with van der Waals surface area (Å²) in [5.74, 6) is 0.640. The molecule has 0 bridgehead atoms. The number of aromatic nitrogens is 1. The van der Waals surface area contributed by atoms with Crippen molar-refractivity contribution >= 4 is 29.9 Å². The van der Waals surface area contributed by atoms with Crippen LogP contribution in [0.25, 0.3) is 0 Å². The predicted octanol–water partition coefficient (Wildman–Crippen LogP) is 3.25. The standard InChI is InChI=1S/C22H32FN5O.HI/c1-4-24-22(27(3)17-20-9-6-10-26(20)2)25-16-21(28-11-13-29-14-12-28)18-7-5-8-19(23)15-18;/h5-10,15,21H,4,11-14,16-17H2,1-3H3,(H,24,25);1H. The molecule has 2 aromatic rings. The largest absolute Gasteiger partial charge is 0.379 e. The van der Waals surface area contributed by atoms with Crippen LogP contribution in [0, 0.1) is 5.82 Å². The first kappa shape index (κ1) is 24.6. The van der Waals surface area contributed by atoms with Crippen molar-refractivity contribution in [3.63, 3.8) is 0 Å². The van der Waals surface area contributed by atoms with Crippen LogP contribution in [0.1, 0.15) is 24.2 Å². The van der Waals surface area contributed by atoms with E-state index in [0.29, 0.717) is 19.8 Å². The fraction of sp³-hybridized carbons (Fsp3) is 0.500. The molecular weight excluding hydrogens is 496 g/mol. The molecule has 30 heavy (non-hydrogen) atoms. The first-order valence-electron chi connectivity index (χ1n) is 10.3. The number of benzene rings is 1. The number of halogens is 2. The summed E-state index contributed by atoms with van der Waals surface area (Å²) in [7, 11) is 4.09. The van der Waals surface area contributed by atoms with Gasteiger partial charge in [-0.25, -0.2) is 4.39 Å². The maximum atomic E-state index is 13.9. The fourth-order valence-electron chi connectivity index (χ4n) is 3.66. The van der Waals surface area contributed by atoms with Crippen molar-refractivity contribution < 1.29 is 9.13 Å². The van der Waals surface area contributed by atoms with Gasteiger partial charge in [-0.05, 0) is 36.8 Å². The van der Waals surface area contributed by atoms with E-state index in [0.717, 1.165) is 37.7 Å². The molecule has 1 aliphatic rings. The van der Waals surface area contributed by atoms with Gasteiger partial charge in [0.05, 0.1) is 32.3 Å². The van der Waals surface area contributed by atoms with Crippen molar-refractivity contribution in [2.75, 3.05) is 46.4 Å². The number of guanidine groups is 1. The summed E-state index contributed by atoms with van der Waals surface area (Å²) in [6.45, 7) is 7.22. The van der Waals surface area contributed by atoms with Crippen molar-refractivity contribution in [1.82, 2.24) is 19.7 Å². The van der Waals surface area contributed by atoms with Gasteiger partial charge in [0.15, 0.2) is 5.96 Å². The molecule has 1 unspecified atom stereocenters. The lowest BCUT2D eigenvalue weighted by Crippen LogP contribution is -2.42. The van der Waals surface area contributed by atoms with Gasteiger partial charge >= 0.3 is 0 Å². The lowest BCUT2D eigenvalue weighted by atomic mass is 10.0. The summed E-state index contributed by atoms with van der Waals surface area (Å²) in [5, 5.41) is 3.38. The molecule has 6 nitrogen and oxygen atoms in total. The summed E-state index contributed by atoms with van der Waals surface area (Å²) in [6, 6.07) is 11.0. The van der Waals surface area contributed by atoms with Crippen LogP contribution < -0.4 is 5.32 Å². The minimum atomic E-state index is -0.211. The highest BCUT2D eigenvalue weighted by Gasteiger charge is 2.23. The number of aryl methyl sites for hydroxylation is 1. The van der Waals surface area contributed by atoms with Crippen LogP contribution in [0.5, 0.6) is 0 Å². The number of morpholine rings is 1. The monoisotopic (exact) mass is 529 g/mol. The van der Waals surface area contributed by atoms with Gasteiger partial charge in [0.2, 0.25) is 0 Å². The van der Waals surface area contributed by atoms with Crippen LogP contribution >= 0.6 is 24.0 Å². The second-order valence-corrected chi connectivity index (χ2v) is 7.38. The zero-order valence-electron chi connectivity index (χ0n) is 18.1. The number of aliphatic imine (C=N–C) groups is 1. The molecule has 0 saturated carbocycles. The number of rotatable bonds is 7. The lowest BCUT2D eigenvalue weighted by molar-refractivity contribution is 0.0179. The van der Waals surface area contributed by atoms with Crippen LogP contribution in [0.15, 0.2) is 47.6 Å². The van der Waals surface area contributed by atoms with Crippen molar-refractivity contribution in [3.8, 4) is 0 Å². The van der Waals surface area contributed by atoms with E-state index in [1.165, 1.54) is 11.8 Å². The van der Waals surface area contributed by atoms with Crippen LogP contribution in [0.4, 0.5) is 4.39 Å². The molecule has 1 atom stereocenters. The SMILES string of the molecule is CCNC(=NCC(c1cccc(F)c1)N1CCOCC1)N(C)Cc1cccn1C.I. The Morgan fingerprint density at radius 2 is 2.03 bits per heavy atom. The van der Waals surface area contributed by atoms with Crippen LogP contribution in [-0.4, -0.2) is 66.8 Å². The quantitative estimate of drug-likeness (QED) is 0.340. The topological polar surface area (TPSA) is 45.0 Å². The van der Waals surface area contributed by atoms with Gasteiger partial charge in [-0.2, -0.15) is 0 Å². The average Bonchev–Trinajstić information content (AvgIpc) is 3.12. The number of ether oxygens (including phenoxy) is 1. The van der Waals surface area contributed by atoms with Gasteiger partial charge in [-0.15, -0.1) is 24.0 Å². The smallest absolute Gasteiger partial charge is 0.194 e. The van der Waals surface area contributed by atoms with Gasteiger partial charge < -0.3 is 19.5 Å². The van der Waals surface area contributed by atoms with Crippen LogP contribution in [0.3, 0.4) is 0 Å². The maximum Gasteiger partial charge on any atom is 0.194 e. The molecule has 0 spiro atoms.